The predicted octanol–water partition coefficient (Wildman–Crippen LogP) is 8.83. The molecule has 0 radical (unpaired) electrons. The average molecular weight is 512 g/mol. The van der Waals surface area contributed by atoms with Gasteiger partial charge in [-0.15, -0.1) is 0 Å². The van der Waals surface area contributed by atoms with Crippen LogP contribution in [-0.4, -0.2) is 0 Å². The summed E-state index contributed by atoms with van der Waals surface area (Å²) in [5.41, 5.74) is 4.67. The van der Waals surface area contributed by atoms with Crippen molar-refractivity contribution in [1.29, 1.82) is 0 Å². The average Bonchev–Trinajstić information content (AvgIpc) is 3.29. The minimum atomic E-state index is -4.26. The molecule has 1 aliphatic carbocycles. The van der Waals surface area contributed by atoms with Crippen LogP contribution in [0.1, 0.15) is 30.0 Å². The summed E-state index contributed by atoms with van der Waals surface area (Å²) in [5.74, 6) is -6.78. The Morgan fingerprint density at radius 2 is 1.22 bits per heavy atom. The molecule has 0 aromatic heterocycles. The second-order valence-corrected chi connectivity index (χ2v) is 9.26. The van der Waals surface area contributed by atoms with E-state index >= 15 is 0 Å². The summed E-state index contributed by atoms with van der Waals surface area (Å²) in [6, 6.07) is 17.4. The summed E-state index contributed by atoms with van der Waals surface area (Å²) in [6.45, 7) is 2.20. The van der Waals surface area contributed by atoms with Crippen molar-refractivity contribution in [2.45, 2.75) is 32.3 Å². The first-order valence-electron chi connectivity index (χ1n) is 11.9. The van der Waals surface area contributed by atoms with Crippen molar-refractivity contribution >= 4 is 0 Å². The molecule has 4 aromatic carbocycles. The number of halogens is 6. The van der Waals surface area contributed by atoms with Crippen LogP contribution >= 0.6 is 0 Å². The Hall–Kier alpha value is -3.74. The van der Waals surface area contributed by atoms with E-state index < -0.39 is 40.7 Å². The van der Waals surface area contributed by atoms with Crippen molar-refractivity contribution in [2.75, 3.05) is 0 Å². The van der Waals surface area contributed by atoms with Crippen LogP contribution < -0.4 is 4.74 Å². The number of benzene rings is 4. The Labute approximate surface area is 210 Å². The van der Waals surface area contributed by atoms with Gasteiger partial charge >= 0.3 is 6.11 Å². The lowest BCUT2D eigenvalue weighted by Gasteiger charge is -2.19. The van der Waals surface area contributed by atoms with Gasteiger partial charge in [0.25, 0.3) is 0 Å². The number of hydrogen-bond donors (Lipinski definition) is 0. The smallest absolute Gasteiger partial charge is 0.429 e. The van der Waals surface area contributed by atoms with E-state index in [9.17, 15) is 26.3 Å². The molecule has 0 amide bonds. The highest BCUT2D eigenvalue weighted by Gasteiger charge is 2.38. The van der Waals surface area contributed by atoms with E-state index in [1.165, 1.54) is 17.2 Å². The molecule has 190 valence electrons. The Morgan fingerprint density at radius 3 is 1.81 bits per heavy atom. The SMILES string of the molecule is CCC1Cc2ccc(-c3ccc(-c4ccc(C(F)(F)Oc5cc(F)c(F)c(F)c5)c(F)c4)cc3)cc2C1. The molecule has 0 bridgehead atoms. The maximum absolute atomic E-state index is 14.7. The Morgan fingerprint density at radius 1 is 0.676 bits per heavy atom. The fourth-order valence-electron chi connectivity index (χ4n) is 4.76. The van der Waals surface area contributed by atoms with Gasteiger partial charge in [-0.1, -0.05) is 61.9 Å². The summed E-state index contributed by atoms with van der Waals surface area (Å²) in [7, 11) is 0. The zero-order chi connectivity index (χ0) is 26.3. The van der Waals surface area contributed by atoms with Crippen molar-refractivity contribution in [3.8, 4) is 28.0 Å². The molecule has 0 heterocycles. The summed E-state index contributed by atoms with van der Waals surface area (Å²) in [5, 5.41) is 0. The van der Waals surface area contributed by atoms with E-state index in [-0.39, 0.29) is 12.1 Å². The Balaban J connectivity index is 1.35. The normalized spacial score (nSPS) is 15.1. The molecule has 1 atom stereocenters. The fraction of sp³-hybridized carbons (Fsp3) is 0.200. The van der Waals surface area contributed by atoms with Gasteiger partial charge in [-0.25, -0.2) is 17.6 Å². The summed E-state index contributed by atoms with van der Waals surface area (Å²) in [6.07, 6.45) is -0.930. The van der Waals surface area contributed by atoms with Gasteiger partial charge in [-0.2, -0.15) is 8.78 Å². The van der Waals surface area contributed by atoms with Crippen LogP contribution in [0.3, 0.4) is 0 Å². The van der Waals surface area contributed by atoms with Crippen LogP contribution in [0.4, 0.5) is 26.3 Å². The monoisotopic (exact) mass is 512 g/mol. The minimum absolute atomic E-state index is 0.267. The molecule has 37 heavy (non-hydrogen) atoms. The molecule has 4 aromatic rings. The third-order valence-electron chi connectivity index (χ3n) is 6.84. The Kier molecular flexibility index (Phi) is 6.48. The molecule has 0 saturated heterocycles. The second-order valence-electron chi connectivity index (χ2n) is 9.26. The van der Waals surface area contributed by atoms with Gasteiger partial charge in [0.1, 0.15) is 11.6 Å². The minimum Gasteiger partial charge on any atom is -0.429 e. The molecule has 0 N–H and O–H groups in total. The van der Waals surface area contributed by atoms with Gasteiger partial charge < -0.3 is 4.74 Å². The highest BCUT2D eigenvalue weighted by Crippen LogP contribution is 2.37. The lowest BCUT2D eigenvalue weighted by molar-refractivity contribution is -0.187. The quantitative estimate of drug-likeness (QED) is 0.185. The molecule has 1 unspecified atom stereocenters. The van der Waals surface area contributed by atoms with Crippen molar-refractivity contribution in [2.24, 2.45) is 5.92 Å². The molecular formula is C30H22F6O. The molecule has 7 heteroatoms. The molecule has 0 saturated carbocycles. The maximum Gasteiger partial charge on any atom is 0.429 e. The van der Waals surface area contributed by atoms with E-state index in [0.29, 0.717) is 17.0 Å². The zero-order valence-corrected chi connectivity index (χ0v) is 19.8. The van der Waals surface area contributed by atoms with Gasteiger partial charge in [-0.3, -0.25) is 0 Å². The summed E-state index contributed by atoms with van der Waals surface area (Å²) >= 11 is 0. The van der Waals surface area contributed by atoms with Gasteiger partial charge in [0.15, 0.2) is 17.5 Å². The van der Waals surface area contributed by atoms with Crippen LogP contribution in [0.2, 0.25) is 0 Å². The summed E-state index contributed by atoms with van der Waals surface area (Å²) < 4.78 is 88.0. The number of alkyl halides is 2. The van der Waals surface area contributed by atoms with Gasteiger partial charge in [0.2, 0.25) is 0 Å². The maximum atomic E-state index is 14.7. The van der Waals surface area contributed by atoms with Crippen LogP contribution in [0.15, 0.2) is 72.8 Å². The molecular weight excluding hydrogens is 490 g/mol. The summed E-state index contributed by atoms with van der Waals surface area (Å²) in [4.78, 5) is 0. The van der Waals surface area contributed by atoms with Crippen LogP contribution in [-0.2, 0) is 19.0 Å². The van der Waals surface area contributed by atoms with Crippen LogP contribution in [0.5, 0.6) is 5.75 Å². The van der Waals surface area contributed by atoms with E-state index in [4.69, 9.17) is 0 Å². The standard InChI is InChI=1S/C30H22F6O/c1-2-17-11-20-7-8-21(13-23(20)12-17)18-3-5-19(6-4-18)22-9-10-25(26(31)14-22)30(35,36)37-24-15-27(32)29(34)28(33)16-24/h3-10,13-17H,2,11-12H2,1H3. The van der Waals surface area contributed by atoms with Gasteiger partial charge in [-0.05, 0) is 64.3 Å². The van der Waals surface area contributed by atoms with Crippen molar-refractivity contribution in [1.82, 2.24) is 0 Å². The first-order valence-corrected chi connectivity index (χ1v) is 11.9. The van der Waals surface area contributed by atoms with Crippen molar-refractivity contribution in [3.05, 3.63) is 113 Å². The predicted molar refractivity (Wildman–Crippen MR) is 129 cm³/mol. The number of hydrogen-bond acceptors (Lipinski definition) is 1. The molecule has 0 aliphatic heterocycles. The van der Waals surface area contributed by atoms with E-state index in [1.807, 2.05) is 12.1 Å². The number of ether oxygens (including phenoxy) is 1. The van der Waals surface area contributed by atoms with E-state index in [2.05, 4.69) is 29.9 Å². The Bertz CT molecular complexity index is 1440. The van der Waals surface area contributed by atoms with E-state index in [0.717, 1.165) is 42.5 Å². The number of fused-ring (bicyclic) bond motifs is 1. The van der Waals surface area contributed by atoms with Crippen LogP contribution in [0, 0.1) is 29.2 Å². The van der Waals surface area contributed by atoms with Gasteiger partial charge in [0.05, 0.1) is 5.56 Å². The topological polar surface area (TPSA) is 9.23 Å². The van der Waals surface area contributed by atoms with Crippen LogP contribution in [0.25, 0.3) is 22.3 Å². The molecule has 1 aliphatic rings. The first-order chi connectivity index (χ1) is 17.6. The third-order valence-corrected chi connectivity index (χ3v) is 6.84. The zero-order valence-electron chi connectivity index (χ0n) is 19.8. The largest absolute Gasteiger partial charge is 0.429 e. The molecule has 1 nitrogen and oxygen atoms in total. The number of rotatable bonds is 6. The third kappa shape index (κ3) is 4.95. The van der Waals surface area contributed by atoms with Gasteiger partial charge in [0, 0.05) is 12.1 Å². The highest BCUT2D eigenvalue weighted by atomic mass is 19.3. The lowest BCUT2D eigenvalue weighted by atomic mass is 9.97. The second kappa shape index (κ2) is 9.61. The molecule has 5 rings (SSSR count). The highest BCUT2D eigenvalue weighted by molar-refractivity contribution is 5.71. The molecule has 0 fully saturated rings. The van der Waals surface area contributed by atoms with E-state index in [1.54, 1.807) is 12.1 Å². The van der Waals surface area contributed by atoms with Crippen molar-refractivity contribution in [3.63, 3.8) is 0 Å². The first kappa shape index (κ1) is 24.9. The molecule has 0 spiro atoms. The fourth-order valence-corrected chi connectivity index (χ4v) is 4.76. The lowest BCUT2D eigenvalue weighted by Crippen LogP contribution is -2.23. The van der Waals surface area contributed by atoms with Crippen molar-refractivity contribution < 1.29 is 31.1 Å².